The van der Waals surface area contributed by atoms with E-state index in [0.29, 0.717) is 12.0 Å². The lowest BCUT2D eigenvalue weighted by molar-refractivity contribution is 0.145. The Labute approximate surface area is 73.5 Å². The zero-order valence-electron chi connectivity index (χ0n) is 7.42. The number of aliphatic hydroxyl groups excluding tert-OH is 1. The van der Waals surface area contributed by atoms with Crippen molar-refractivity contribution in [3.8, 4) is 0 Å². The summed E-state index contributed by atoms with van der Waals surface area (Å²) in [6.45, 7) is 2.98. The maximum absolute atomic E-state index is 9.57. The average Bonchev–Trinajstić information content (AvgIpc) is 2.80. The van der Waals surface area contributed by atoms with E-state index in [1.807, 2.05) is 0 Å². The largest absolute Gasteiger partial charge is 0.392 e. The van der Waals surface area contributed by atoms with Crippen molar-refractivity contribution in [1.82, 2.24) is 10.6 Å². The summed E-state index contributed by atoms with van der Waals surface area (Å²) in [5.41, 5.74) is 0. The lowest BCUT2D eigenvalue weighted by Crippen LogP contribution is -2.37. The molecule has 0 aromatic carbocycles. The van der Waals surface area contributed by atoms with Gasteiger partial charge in [0.25, 0.3) is 0 Å². The molecule has 0 aromatic rings. The number of rotatable bonds is 4. The molecule has 2 aliphatic rings. The van der Waals surface area contributed by atoms with Crippen LogP contribution >= 0.6 is 0 Å². The van der Waals surface area contributed by atoms with Gasteiger partial charge < -0.3 is 15.7 Å². The van der Waals surface area contributed by atoms with E-state index in [1.54, 1.807) is 0 Å². The lowest BCUT2D eigenvalue weighted by atomic mass is 10.2. The minimum Gasteiger partial charge on any atom is -0.392 e. The first kappa shape index (κ1) is 8.48. The van der Waals surface area contributed by atoms with Crippen LogP contribution in [-0.4, -0.2) is 36.9 Å². The van der Waals surface area contributed by atoms with Gasteiger partial charge in [0, 0.05) is 19.1 Å². The van der Waals surface area contributed by atoms with Gasteiger partial charge in [-0.3, -0.25) is 0 Å². The smallest absolute Gasteiger partial charge is 0.0692 e. The van der Waals surface area contributed by atoms with E-state index < -0.39 is 0 Å². The van der Waals surface area contributed by atoms with E-state index >= 15 is 0 Å². The highest BCUT2D eigenvalue weighted by Crippen LogP contribution is 2.32. The molecule has 12 heavy (non-hydrogen) atoms. The molecule has 3 nitrogen and oxygen atoms in total. The molecular formula is C9H18N2O. The molecule has 2 fully saturated rings. The van der Waals surface area contributed by atoms with Gasteiger partial charge in [-0.1, -0.05) is 0 Å². The number of hydrogen-bond donors (Lipinski definition) is 3. The Morgan fingerprint density at radius 2 is 2.25 bits per heavy atom. The first-order chi connectivity index (χ1) is 5.86. The second-order valence-electron chi connectivity index (χ2n) is 4.00. The summed E-state index contributed by atoms with van der Waals surface area (Å²) in [7, 11) is 0. The Bertz CT molecular complexity index is 139. The van der Waals surface area contributed by atoms with Crippen LogP contribution in [0.5, 0.6) is 0 Å². The van der Waals surface area contributed by atoms with E-state index in [2.05, 4.69) is 10.6 Å². The SMILES string of the molecule is OC(CNC1CCNC1)C1CC1. The fourth-order valence-electron chi connectivity index (χ4n) is 1.76. The highest BCUT2D eigenvalue weighted by Gasteiger charge is 2.29. The van der Waals surface area contributed by atoms with E-state index in [4.69, 9.17) is 0 Å². The molecule has 0 radical (unpaired) electrons. The highest BCUT2D eigenvalue weighted by molar-refractivity contribution is 4.84. The lowest BCUT2D eigenvalue weighted by Gasteiger charge is -2.14. The van der Waals surface area contributed by atoms with Crippen LogP contribution in [0.1, 0.15) is 19.3 Å². The maximum atomic E-state index is 9.57. The minimum atomic E-state index is -0.0920. The van der Waals surface area contributed by atoms with Gasteiger partial charge in [0.2, 0.25) is 0 Å². The van der Waals surface area contributed by atoms with Gasteiger partial charge >= 0.3 is 0 Å². The number of hydrogen-bond acceptors (Lipinski definition) is 3. The van der Waals surface area contributed by atoms with Crippen molar-refractivity contribution in [2.45, 2.75) is 31.4 Å². The van der Waals surface area contributed by atoms with E-state index in [9.17, 15) is 5.11 Å². The Balaban J connectivity index is 1.60. The third kappa shape index (κ3) is 2.19. The average molecular weight is 170 g/mol. The first-order valence-electron chi connectivity index (χ1n) is 4.98. The summed E-state index contributed by atoms with van der Waals surface area (Å²) in [5, 5.41) is 16.3. The highest BCUT2D eigenvalue weighted by atomic mass is 16.3. The van der Waals surface area contributed by atoms with Gasteiger partial charge in [0.15, 0.2) is 0 Å². The Morgan fingerprint density at radius 3 is 2.83 bits per heavy atom. The summed E-state index contributed by atoms with van der Waals surface area (Å²) < 4.78 is 0. The molecule has 1 aliphatic heterocycles. The molecule has 1 heterocycles. The van der Waals surface area contributed by atoms with Crippen LogP contribution < -0.4 is 10.6 Å². The van der Waals surface area contributed by atoms with Gasteiger partial charge in [0.1, 0.15) is 0 Å². The monoisotopic (exact) mass is 170 g/mol. The second-order valence-corrected chi connectivity index (χ2v) is 4.00. The van der Waals surface area contributed by atoms with E-state index in [-0.39, 0.29) is 6.10 Å². The molecular weight excluding hydrogens is 152 g/mol. The molecule has 1 aliphatic carbocycles. The van der Waals surface area contributed by atoms with Gasteiger partial charge in [-0.2, -0.15) is 0 Å². The molecule has 0 bridgehead atoms. The molecule has 0 aromatic heterocycles. The van der Waals surface area contributed by atoms with Crippen LogP contribution in [0.15, 0.2) is 0 Å². The zero-order chi connectivity index (χ0) is 8.39. The Kier molecular flexibility index (Phi) is 2.63. The second kappa shape index (κ2) is 3.73. The molecule has 2 atom stereocenters. The standard InChI is InChI=1S/C9H18N2O/c12-9(7-1-2-7)6-11-8-3-4-10-5-8/h7-12H,1-6H2. The molecule has 1 saturated carbocycles. The van der Waals surface area contributed by atoms with Crippen molar-refractivity contribution in [2.75, 3.05) is 19.6 Å². The van der Waals surface area contributed by atoms with Crippen LogP contribution in [-0.2, 0) is 0 Å². The quantitative estimate of drug-likeness (QED) is 0.543. The van der Waals surface area contributed by atoms with Crippen molar-refractivity contribution in [3.05, 3.63) is 0 Å². The molecule has 70 valence electrons. The maximum Gasteiger partial charge on any atom is 0.0692 e. The van der Waals surface area contributed by atoms with Crippen molar-refractivity contribution in [3.63, 3.8) is 0 Å². The Morgan fingerprint density at radius 1 is 1.42 bits per heavy atom. The fourth-order valence-corrected chi connectivity index (χ4v) is 1.76. The van der Waals surface area contributed by atoms with Gasteiger partial charge in [0.05, 0.1) is 6.10 Å². The molecule has 1 saturated heterocycles. The predicted octanol–water partition coefficient (Wildman–Crippen LogP) is -0.291. The van der Waals surface area contributed by atoms with Crippen molar-refractivity contribution >= 4 is 0 Å². The first-order valence-corrected chi connectivity index (χ1v) is 4.98. The molecule has 2 rings (SSSR count). The summed E-state index contributed by atoms with van der Waals surface area (Å²) >= 11 is 0. The molecule has 3 heteroatoms. The van der Waals surface area contributed by atoms with Crippen molar-refractivity contribution in [1.29, 1.82) is 0 Å². The summed E-state index contributed by atoms with van der Waals surface area (Å²) in [4.78, 5) is 0. The molecule has 3 N–H and O–H groups in total. The number of aliphatic hydroxyl groups is 1. The summed E-state index contributed by atoms with van der Waals surface area (Å²) in [6.07, 6.45) is 3.57. The zero-order valence-corrected chi connectivity index (χ0v) is 7.42. The summed E-state index contributed by atoms with van der Waals surface area (Å²) in [5.74, 6) is 0.604. The molecule has 0 amide bonds. The van der Waals surface area contributed by atoms with Gasteiger partial charge in [-0.15, -0.1) is 0 Å². The van der Waals surface area contributed by atoms with E-state index in [0.717, 1.165) is 19.6 Å². The van der Waals surface area contributed by atoms with Crippen LogP contribution in [0.3, 0.4) is 0 Å². The van der Waals surface area contributed by atoms with Gasteiger partial charge in [-0.25, -0.2) is 0 Å². The fraction of sp³-hybridized carbons (Fsp3) is 1.00. The predicted molar refractivity (Wildman–Crippen MR) is 48.0 cm³/mol. The molecule has 0 spiro atoms. The van der Waals surface area contributed by atoms with Gasteiger partial charge in [-0.05, 0) is 31.7 Å². The Hall–Kier alpha value is -0.120. The van der Waals surface area contributed by atoms with Crippen LogP contribution in [0.4, 0.5) is 0 Å². The van der Waals surface area contributed by atoms with E-state index in [1.165, 1.54) is 19.3 Å². The normalized spacial score (nSPS) is 32.2. The number of nitrogens with one attached hydrogen (secondary N) is 2. The topological polar surface area (TPSA) is 44.3 Å². The van der Waals surface area contributed by atoms with Crippen LogP contribution in [0, 0.1) is 5.92 Å². The summed E-state index contributed by atoms with van der Waals surface area (Å²) in [6, 6.07) is 0.596. The van der Waals surface area contributed by atoms with Crippen molar-refractivity contribution in [2.24, 2.45) is 5.92 Å². The van der Waals surface area contributed by atoms with Crippen LogP contribution in [0.2, 0.25) is 0 Å². The van der Waals surface area contributed by atoms with Crippen molar-refractivity contribution < 1.29 is 5.11 Å². The third-order valence-corrected chi connectivity index (χ3v) is 2.84. The van der Waals surface area contributed by atoms with Crippen LogP contribution in [0.25, 0.3) is 0 Å². The minimum absolute atomic E-state index is 0.0920. The molecule has 2 unspecified atom stereocenters. The third-order valence-electron chi connectivity index (χ3n) is 2.84.